The first-order valence-corrected chi connectivity index (χ1v) is 13.1. The number of hydrogen-bond donors (Lipinski definition) is 0. The van der Waals surface area contributed by atoms with Crippen molar-refractivity contribution in [2.75, 3.05) is 6.26 Å². The van der Waals surface area contributed by atoms with E-state index in [4.69, 9.17) is 4.74 Å². The Kier molecular flexibility index (Phi) is 7.45. The average molecular weight is 491 g/mol. The van der Waals surface area contributed by atoms with Crippen LogP contribution in [0.25, 0.3) is 21.8 Å². The Morgan fingerprint density at radius 1 is 1.11 bits per heavy atom. The number of aromatic nitrogens is 1. The van der Waals surface area contributed by atoms with Crippen LogP contribution in [0, 0.1) is 10.1 Å². The van der Waals surface area contributed by atoms with E-state index < -0.39 is 0 Å². The molecule has 35 heavy (non-hydrogen) atoms. The number of nitro benzene ring substituents is 1. The first-order valence-electron chi connectivity index (χ1n) is 11.9. The predicted molar refractivity (Wildman–Crippen MR) is 142 cm³/mol. The zero-order valence-electron chi connectivity index (χ0n) is 20.5. The second kappa shape index (κ2) is 10.5. The van der Waals surface area contributed by atoms with Gasteiger partial charge in [-0.15, -0.1) is 11.8 Å². The molecule has 4 rings (SSSR count). The number of rotatable bonds is 9. The van der Waals surface area contributed by atoms with Gasteiger partial charge in [-0.05, 0) is 49.3 Å². The standard InChI is InChI=1S/C28H30N2O4S/c1-5-8-20-15-21(16-25(31)34-18(2)3)28(35-4)27-26(20)23-9-6-7-10-24(23)29(27)17-19-11-13-22(14-12-19)30(32)33/h6-7,9-15,18H,5,8,16-17H2,1-4H3. The molecule has 0 aliphatic carbocycles. The molecule has 0 aliphatic heterocycles. The number of esters is 1. The number of nitro groups is 1. The van der Waals surface area contributed by atoms with Crippen LogP contribution in [0.2, 0.25) is 0 Å². The molecule has 0 aliphatic rings. The molecule has 1 aromatic heterocycles. The summed E-state index contributed by atoms with van der Waals surface area (Å²) in [5.41, 5.74) is 5.48. The van der Waals surface area contributed by atoms with Gasteiger partial charge in [0, 0.05) is 39.9 Å². The summed E-state index contributed by atoms with van der Waals surface area (Å²) in [7, 11) is 0. The fraction of sp³-hybridized carbons (Fsp3) is 0.321. The third kappa shape index (κ3) is 5.05. The minimum absolute atomic E-state index is 0.0805. The molecule has 0 amide bonds. The summed E-state index contributed by atoms with van der Waals surface area (Å²) in [5, 5.41) is 13.5. The number of non-ortho nitro benzene ring substituents is 1. The number of carbonyl (C=O) groups is 1. The van der Waals surface area contributed by atoms with E-state index in [1.54, 1.807) is 23.9 Å². The van der Waals surface area contributed by atoms with Crippen LogP contribution in [0.4, 0.5) is 5.69 Å². The van der Waals surface area contributed by atoms with Crippen molar-refractivity contribution >= 4 is 45.2 Å². The zero-order valence-corrected chi connectivity index (χ0v) is 21.4. The first-order chi connectivity index (χ1) is 16.8. The minimum Gasteiger partial charge on any atom is -0.463 e. The van der Waals surface area contributed by atoms with Gasteiger partial charge in [-0.3, -0.25) is 14.9 Å². The van der Waals surface area contributed by atoms with E-state index in [0.717, 1.165) is 39.9 Å². The smallest absolute Gasteiger partial charge is 0.310 e. The maximum atomic E-state index is 12.6. The van der Waals surface area contributed by atoms with E-state index in [1.165, 1.54) is 16.3 Å². The van der Waals surface area contributed by atoms with E-state index >= 15 is 0 Å². The predicted octanol–water partition coefficient (Wildman–Crippen LogP) is 6.92. The van der Waals surface area contributed by atoms with Gasteiger partial charge in [0.25, 0.3) is 5.69 Å². The van der Waals surface area contributed by atoms with Gasteiger partial charge < -0.3 is 9.30 Å². The molecular formula is C28H30N2O4S. The number of carbonyl (C=O) groups excluding carboxylic acids is 1. The van der Waals surface area contributed by atoms with Crippen molar-refractivity contribution < 1.29 is 14.5 Å². The fourth-order valence-electron chi connectivity index (χ4n) is 4.72. The normalized spacial score (nSPS) is 11.5. The molecule has 3 aromatic carbocycles. The van der Waals surface area contributed by atoms with Crippen LogP contribution in [0.3, 0.4) is 0 Å². The molecule has 7 heteroatoms. The Balaban J connectivity index is 1.96. The van der Waals surface area contributed by atoms with Crippen LogP contribution < -0.4 is 0 Å². The van der Waals surface area contributed by atoms with Gasteiger partial charge in [-0.1, -0.05) is 49.7 Å². The SMILES string of the molecule is CCCc1cc(CC(=O)OC(C)C)c(SC)c2c1c1ccccc1n2Cc1ccc([N+](=O)[O-])cc1. The Hall–Kier alpha value is -3.32. The molecule has 0 fully saturated rings. The van der Waals surface area contributed by atoms with Gasteiger partial charge in [0.15, 0.2) is 0 Å². The number of aryl methyl sites for hydroxylation is 1. The molecule has 0 bridgehead atoms. The lowest BCUT2D eigenvalue weighted by Gasteiger charge is -2.16. The highest BCUT2D eigenvalue weighted by Crippen LogP contribution is 2.40. The van der Waals surface area contributed by atoms with Crippen molar-refractivity contribution in [3.05, 3.63) is 81.4 Å². The first kappa shape index (κ1) is 24.8. The largest absolute Gasteiger partial charge is 0.463 e. The van der Waals surface area contributed by atoms with Crippen molar-refractivity contribution in [2.24, 2.45) is 0 Å². The van der Waals surface area contributed by atoms with Gasteiger partial charge in [-0.2, -0.15) is 0 Å². The topological polar surface area (TPSA) is 74.4 Å². The van der Waals surface area contributed by atoms with Crippen molar-refractivity contribution in [3.63, 3.8) is 0 Å². The Morgan fingerprint density at radius 3 is 2.46 bits per heavy atom. The summed E-state index contributed by atoms with van der Waals surface area (Å²) in [6.07, 6.45) is 4.00. The Bertz CT molecular complexity index is 1390. The second-order valence-corrected chi connectivity index (χ2v) is 9.76. The van der Waals surface area contributed by atoms with Crippen molar-refractivity contribution in [2.45, 2.75) is 57.6 Å². The zero-order chi connectivity index (χ0) is 25.1. The molecule has 0 atom stereocenters. The second-order valence-electron chi connectivity index (χ2n) is 8.94. The quantitative estimate of drug-likeness (QED) is 0.110. The summed E-state index contributed by atoms with van der Waals surface area (Å²) in [6, 6.07) is 17.3. The lowest BCUT2D eigenvalue weighted by molar-refractivity contribution is -0.384. The molecule has 0 saturated carbocycles. The van der Waals surface area contributed by atoms with Gasteiger partial charge in [0.05, 0.1) is 23.0 Å². The monoisotopic (exact) mass is 490 g/mol. The van der Waals surface area contributed by atoms with E-state index in [0.29, 0.717) is 6.54 Å². The van der Waals surface area contributed by atoms with E-state index in [9.17, 15) is 14.9 Å². The average Bonchev–Trinajstić information content (AvgIpc) is 3.13. The highest BCUT2D eigenvalue weighted by molar-refractivity contribution is 7.98. The van der Waals surface area contributed by atoms with Gasteiger partial charge in [-0.25, -0.2) is 0 Å². The number of para-hydroxylation sites is 1. The molecular weight excluding hydrogens is 460 g/mol. The van der Waals surface area contributed by atoms with Crippen LogP contribution in [0.15, 0.2) is 59.5 Å². The minimum atomic E-state index is -0.379. The third-order valence-electron chi connectivity index (χ3n) is 6.06. The summed E-state index contributed by atoms with van der Waals surface area (Å²) in [5.74, 6) is -0.227. The number of ether oxygens (including phenoxy) is 1. The number of hydrogen-bond acceptors (Lipinski definition) is 5. The molecule has 0 saturated heterocycles. The Labute approximate surface area is 209 Å². The molecule has 0 unspecified atom stereocenters. The Morgan fingerprint density at radius 2 is 1.83 bits per heavy atom. The lowest BCUT2D eigenvalue weighted by Crippen LogP contribution is -2.14. The van der Waals surface area contributed by atoms with Crippen LogP contribution >= 0.6 is 11.8 Å². The number of fused-ring (bicyclic) bond motifs is 3. The summed E-state index contributed by atoms with van der Waals surface area (Å²) in [6.45, 7) is 6.46. The van der Waals surface area contributed by atoms with Gasteiger partial charge >= 0.3 is 5.97 Å². The highest BCUT2D eigenvalue weighted by Gasteiger charge is 2.22. The molecule has 0 radical (unpaired) electrons. The van der Waals surface area contributed by atoms with E-state index in [1.807, 2.05) is 38.3 Å². The fourth-order valence-corrected chi connectivity index (χ4v) is 5.52. The molecule has 1 heterocycles. The van der Waals surface area contributed by atoms with Crippen molar-refractivity contribution in [1.29, 1.82) is 0 Å². The van der Waals surface area contributed by atoms with Crippen LogP contribution in [0.1, 0.15) is 43.9 Å². The summed E-state index contributed by atoms with van der Waals surface area (Å²) < 4.78 is 7.76. The van der Waals surface area contributed by atoms with Gasteiger partial charge in [0.1, 0.15) is 0 Å². The molecule has 4 aromatic rings. The maximum Gasteiger partial charge on any atom is 0.310 e. The van der Waals surface area contributed by atoms with E-state index in [-0.39, 0.29) is 29.1 Å². The summed E-state index contributed by atoms with van der Waals surface area (Å²) >= 11 is 1.64. The lowest BCUT2D eigenvalue weighted by atomic mass is 9.98. The molecule has 0 spiro atoms. The van der Waals surface area contributed by atoms with Crippen molar-refractivity contribution in [1.82, 2.24) is 4.57 Å². The number of thioether (sulfide) groups is 1. The van der Waals surface area contributed by atoms with Gasteiger partial charge in [0.2, 0.25) is 0 Å². The summed E-state index contributed by atoms with van der Waals surface area (Å²) in [4.78, 5) is 24.4. The molecule has 0 N–H and O–H groups in total. The van der Waals surface area contributed by atoms with Crippen LogP contribution in [-0.2, 0) is 28.9 Å². The van der Waals surface area contributed by atoms with Crippen molar-refractivity contribution in [3.8, 4) is 0 Å². The van der Waals surface area contributed by atoms with Crippen LogP contribution in [0.5, 0.6) is 0 Å². The third-order valence-corrected chi connectivity index (χ3v) is 6.92. The maximum absolute atomic E-state index is 12.6. The van der Waals surface area contributed by atoms with Crippen LogP contribution in [-0.4, -0.2) is 27.8 Å². The highest BCUT2D eigenvalue weighted by atomic mass is 32.2. The number of benzene rings is 3. The molecule has 182 valence electrons. The molecule has 6 nitrogen and oxygen atoms in total. The number of nitrogens with zero attached hydrogens (tertiary/aromatic N) is 2. The van der Waals surface area contributed by atoms with E-state index in [2.05, 4.69) is 35.8 Å².